The summed E-state index contributed by atoms with van der Waals surface area (Å²) in [7, 11) is 4.52. The molecule has 4 rings (SSSR count). The highest BCUT2D eigenvalue weighted by molar-refractivity contribution is 5.98. The number of carboxylic acids is 1. The van der Waals surface area contributed by atoms with E-state index in [1.165, 1.54) is 34.3 Å². The van der Waals surface area contributed by atoms with Crippen LogP contribution in [0.4, 0.5) is 5.82 Å². The number of carboxylic acid groups (broad SMARTS) is 1. The van der Waals surface area contributed by atoms with E-state index < -0.39 is 5.97 Å². The molecule has 33 heavy (non-hydrogen) atoms. The highest BCUT2D eigenvalue weighted by atomic mass is 16.7. The van der Waals surface area contributed by atoms with Crippen LogP contribution in [0.3, 0.4) is 0 Å². The first-order valence-corrected chi connectivity index (χ1v) is 9.99. The fourth-order valence-electron chi connectivity index (χ4n) is 3.44. The Labute approximate surface area is 189 Å². The molecule has 1 aliphatic heterocycles. The normalized spacial score (nSPS) is 12.5. The molecule has 2 N–H and O–H groups in total. The summed E-state index contributed by atoms with van der Waals surface area (Å²) in [5.74, 6) is 2.16. The minimum atomic E-state index is -1.06. The Balaban J connectivity index is 1.83. The number of anilines is 1. The van der Waals surface area contributed by atoms with Crippen molar-refractivity contribution in [3.05, 3.63) is 41.2 Å². The zero-order chi connectivity index (χ0) is 23.5. The molecule has 10 heteroatoms. The predicted octanol–water partition coefficient (Wildman–Crippen LogP) is 3.48. The summed E-state index contributed by atoms with van der Waals surface area (Å²) in [4.78, 5) is 20.4. The fraction of sp³-hybridized carbons (Fsp3) is 0.261. The van der Waals surface area contributed by atoms with E-state index in [0.717, 1.165) is 5.56 Å². The Morgan fingerprint density at radius 3 is 2.55 bits per heavy atom. The molecule has 0 aliphatic carbocycles. The molecule has 10 nitrogen and oxygen atoms in total. The maximum atomic E-state index is 11.3. The van der Waals surface area contributed by atoms with Crippen molar-refractivity contribution in [2.45, 2.75) is 13.5 Å². The van der Waals surface area contributed by atoms with E-state index in [4.69, 9.17) is 23.7 Å². The van der Waals surface area contributed by atoms with Crippen LogP contribution >= 0.6 is 0 Å². The summed E-state index contributed by atoms with van der Waals surface area (Å²) in [6, 6.07) is 7.40. The maximum Gasteiger partial charge on any atom is 0.331 e. The summed E-state index contributed by atoms with van der Waals surface area (Å²) in [5, 5.41) is 13.2. The molecule has 2 heterocycles. The topological polar surface area (TPSA) is 121 Å². The molecule has 0 atom stereocenters. The maximum absolute atomic E-state index is 11.3. The number of nitrogens with zero attached hydrogens (tertiary/aromatic N) is 2. The van der Waals surface area contributed by atoms with E-state index in [1.54, 1.807) is 6.07 Å². The van der Waals surface area contributed by atoms with Crippen molar-refractivity contribution in [2.75, 3.05) is 33.4 Å². The number of nitrogens with one attached hydrogen (secondary N) is 1. The fourth-order valence-corrected chi connectivity index (χ4v) is 3.44. The van der Waals surface area contributed by atoms with Gasteiger partial charge in [0.2, 0.25) is 12.5 Å². The lowest BCUT2D eigenvalue weighted by Gasteiger charge is -2.17. The Kier molecular flexibility index (Phi) is 6.07. The first kappa shape index (κ1) is 22.0. The van der Waals surface area contributed by atoms with E-state index in [-0.39, 0.29) is 18.2 Å². The molecule has 1 aromatic heterocycles. The molecule has 1 aliphatic rings. The van der Waals surface area contributed by atoms with Gasteiger partial charge >= 0.3 is 5.97 Å². The molecular weight excluding hydrogens is 430 g/mol. The van der Waals surface area contributed by atoms with Crippen LogP contribution in [-0.2, 0) is 11.3 Å². The average molecular weight is 453 g/mol. The summed E-state index contributed by atoms with van der Waals surface area (Å²) >= 11 is 0. The van der Waals surface area contributed by atoms with E-state index in [2.05, 4.69) is 15.3 Å². The Morgan fingerprint density at radius 2 is 1.85 bits per heavy atom. The second-order valence-electron chi connectivity index (χ2n) is 7.15. The smallest absolute Gasteiger partial charge is 0.331 e. The van der Waals surface area contributed by atoms with Crippen LogP contribution in [0.25, 0.3) is 17.0 Å². The lowest BCUT2D eigenvalue weighted by atomic mass is 10.1. The second-order valence-corrected chi connectivity index (χ2v) is 7.15. The quantitative estimate of drug-likeness (QED) is 0.490. The van der Waals surface area contributed by atoms with Crippen LogP contribution in [0.2, 0.25) is 0 Å². The molecule has 0 spiro atoms. The molecule has 3 aromatic rings. The standard InChI is InChI=1S/C23H23N3O7/c1-12(23(27)28)7-18-25-19-14(9-17(29-2)20(30-3)21(19)31-4)22(26-18)24-10-13-5-6-15-16(8-13)33-11-32-15/h5-9H,10-11H2,1-4H3,(H,27,28)(H,24,25,26)/b12-7-. The third-order valence-corrected chi connectivity index (χ3v) is 5.09. The number of fused-ring (bicyclic) bond motifs is 2. The third-order valence-electron chi connectivity index (χ3n) is 5.09. The summed E-state index contributed by atoms with van der Waals surface area (Å²) in [5.41, 5.74) is 1.48. The third kappa shape index (κ3) is 4.27. The van der Waals surface area contributed by atoms with E-state index >= 15 is 0 Å². The molecular formula is C23H23N3O7. The van der Waals surface area contributed by atoms with Gasteiger partial charge in [0.1, 0.15) is 11.3 Å². The monoisotopic (exact) mass is 453 g/mol. The van der Waals surface area contributed by atoms with Crippen molar-refractivity contribution in [3.63, 3.8) is 0 Å². The number of hydrogen-bond donors (Lipinski definition) is 2. The first-order valence-electron chi connectivity index (χ1n) is 9.99. The number of benzene rings is 2. The number of aliphatic carboxylic acids is 1. The van der Waals surface area contributed by atoms with Gasteiger partial charge in [0.15, 0.2) is 28.8 Å². The van der Waals surface area contributed by atoms with Crippen molar-refractivity contribution in [1.82, 2.24) is 9.97 Å². The van der Waals surface area contributed by atoms with Crippen molar-refractivity contribution in [3.8, 4) is 28.7 Å². The van der Waals surface area contributed by atoms with Gasteiger partial charge in [-0.15, -0.1) is 0 Å². The van der Waals surface area contributed by atoms with Crippen LogP contribution in [0.5, 0.6) is 28.7 Å². The van der Waals surface area contributed by atoms with Crippen LogP contribution in [0, 0.1) is 0 Å². The molecule has 0 saturated carbocycles. The number of ether oxygens (including phenoxy) is 5. The van der Waals surface area contributed by atoms with Gasteiger partial charge in [-0.2, -0.15) is 0 Å². The Hall–Kier alpha value is -4.21. The molecule has 0 saturated heterocycles. The average Bonchev–Trinajstić information content (AvgIpc) is 3.29. The van der Waals surface area contributed by atoms with Gasteiger partial charge in [0, 0.05) is 12.1 Å². The lowest BCUT2D eigenvalue weighted by molar-refractivity contribution is -0.132. The molecule has 0 radical (unpaired) electrons. The van der Waals surface area contributed by atoms with Gasteiger partial charge in [-0.3, -0.25) is 0 Å². The number of hydrogen-bond acceptors (Lipinski definition) is 9. The number of methoxy groups -OCH3 is 3. The molecule has 0 fully saturated rings. The lowest BCUT2D eigenvalue weighted by Crippen LogP contribution is -2.07. The molecule has 2 aromatic carbocycles. The van der Waals surface area contributed by atoms with Crippen molar-refractivity contribution >= 4 is 28.8 Å². The SMILES string of the molecule is COc1cc2c(NCc3ccc4c(c3)OCO4)nc(/C=C(/C)C(=O)O)nc2c(OC)c1OC. The zero-order valence-corrected chi connectivity index (χ0v) is 18.6. The van der Waals surface area contributed by atoms with Gasteiger partial charge in [-0.1, -0.05) is 6.07 Å². The minimum absolute atomic E-state index is 0.0931. The highest BCUT2D eigenvalue weighted by Gasteiger charge is 2.21. The van der Waals surface area contributed by atoms with E-state index in [1.807, 2.05) is 18.2 Å². The number of rotatable bonds is 8. The van der Waals surface area contributed by atoms with Crippen molar-refractivity contribution in [1.29, 1.82) is 0 Å². The minimum Gasteiger partial charge on any atom is -0.493 e. The van der Waals surface area contributed by atoms with Gasteiger partial charge in [-0.05, 0) is 36.8 Å². The zero-order valence-electron chi connectivity index (χ0n) is 18.6. The number of aromatic nitrogens is 2. The van der Waals surface area contributed by atoms with E-state index in [0.29, 0.717) is 52.0 Å². The first-order chi connectivity index (χ1) is 15.9. The Bertz CT molecular complexity index is 1260. The van der Waals surface area contributed by atoms with Crippen LogP contribution < -0.4 is 29.0 Å². The van der Waals surface area contributed by atoms with Gasteiger partial charge < -0.3 is 34.1 Å². The highest BCUT2D eigenvalue weighted by Crippen LogP contribution is 2.44. The van der Waals surface area contributed by atoms with Crippen LogP contribution in [0.15, 0.2) is 29.8 Å². The van der Waals surface area contributed by atoms with Gasteiger partial charge in [0.05, 0.1) is 26.7 Å². The van der Waals surface area contributed by atoms with E-state index in [9.17, 15) is 9.90 Å². The summed E-state index contributed by atoms with van der Waals surface area (Å²) in [6.07, 6.45) is 1.39. The number of carbonyl (C=O) groups is 1. The van der Waals surface area contributed by atoms with Gasteiger partial charge in [0.25, 0.3) is 0 Å². The largest absolute Gasteiger partial charge is 0.493 e. The predicted molar refractivity (Wildman–Crippen MR) is 120 cm³/mol. The summed E-state index contributed by atoms with van der Waals surface area (Å²) in [6.45, 7) is 2.09. The van der Waals surface area contributed by atoms with Crippen molar-refractivity contribution < 1.29 is 33.6 Å². The van der Waals surface area contributed by atoms with Crippen molar-refractivity contribution in [2.24, 2.45) is 0 Å². The molecule has 0 bridgehead atoms. The molecule has 0 amide bonds. The molecule has 172 valence electrons. The Morgan fingerprint density at radius 1 is 1.09 bits per heavy atom. The van der Waals surface area contributed by atoms with Crippen LogP contribution in [0.1, 0.15) is 18.3 Å². The summed E-state index contributed by atoms with van der Waals surface area (Å²) < 4.78 is 27.3. The van der Waals surface area contributed by atoms with Crippen LogP contribution in [-0.4, -0.2) is 49.2 Å². The second kappa shape index (κ2) is 9.11. The molecule has 0 unspecified atom stereocenters. The van der Waals surface area contributed by atoms with Gasteiger partial charge in [-0.25, -0.2) is 14.8 Å².